The third-order valence-electron chi connectivity index (χ3n) is 6.24. The number of fused-ring (bicyclic) bond motifs is 1. The van der Waals surface area contributed by atoms with Gasteiger partial charge in [0.2, 0.25) is 5.91 Å². The first-order chi connectivity index (χ1) is 16.9. The average molecular weight is 470 g/mol. The molecular weight excluding hydrogens is 438 g/mol. The number of nitrogens with one attached hydrogen (secondary N) is 1. The monoisotopic (exact) mass is 469 g/mol. The van der Waals surface area contributed by atoms with Crippen LogP contribution in [0.1, 0.15) is 53.7 Å². The predicted octanol–water partition coefficient (Wildman–Crippen LogP) is 5.56. The van der Waals surface area contributed by atoms with Gasteiger partial charge in [0.05, 0.1) is 23.6 Å². The maximum absolute atomic E-state index is 13.2. The van der Waals surface area contributed by atoms with Crippen molar-refractivity contribution in [2.45, 2.75) is 39.3 Å². The Balaban J connectivity index is 1.71. The van der Waals surface area contributed by atoms with Gasteiger partial charge in [-0.15, -0.1) is 0 Å². The van der Waals surface area contributed by atoms with E-state index in [1.807, 2.05) is 48.5 Å². The molecule has 1 amide bonds. The fourth-order valence-electron chi connectivity index (χ4n) is 4.07. The highest BCUT2D eigenvalue weighted by atomic mass is 16.5. The molecule has 1 unspecified atom stereocenters. The quantitative estimate of drug-likeness (QED) is 0.346. The van der Waals surface area contributed by atoms with Crippen LogP contribution in [0.4, 0.5) is 11.4 Å². The van der Waals surface area contributed by atoms with Crippen molar-refractivity contribution in [2.75, 3.05) is 19.0 Å². The smallest absolute Gasteiger partial charge is 0.338 e. The van der Waals surface area contributed by atoms with E-state index in [1.54, 1.807) is 19.1 Å². The van der Waals surface area contributed by atoms with Crippen molar-refractivity contribution in [3.05, 3.63) is 95.1 Å². The first-order valence-corrected chi connectivity index (χ1v) is 11.9. The minimum atomic E-state index is -0.588. The van der Waals surface area contributed by atoms with Crippen LogP contribution in [0.25, 0.3) is 0 Å². The van der Waals surface area contributed by atoms with Gasteiger partial charge < -0.3 is 10.1 Å². The lowest BCUT2D eigenvalue weighted by atomic mass is 9.90. The average Bonchev–Trinajstić information content (AvgIpc) is 3.18. The topological polar surface area (TPSA) is 71.0 Å². The summed E-state index contributed by atoms with van der Waals surface area (Å²) in [5, 5.41) is 2.93. The van der Waals surface area contributed by atoms with E-state index in [9.17, 15) is 9.59 Å². The van der Waals surface area contributed by atoms with Gasteiger partial charge in [0.1, 0.15) is 5.92 Å². The molecule has 1 heterocycles. The molecule has 0 saturated heterocycles. The van der Waals surface area contributed by atoms with Gasteiger partial charge in [0.25, 0.3) is 0 Å². The van der Waals surface area contributed by atoms with E-state index >= 15 is 0 Å². The Morgan fingerprint density at radius 1 is 1.03 bits per heavy atom. The molecule has 0 bridgehead atoms. The number of anilines is 1. The SMILES string of the molecule is CCOC(=O)c1ccc2c(c1)NC(=O)C2C(=Nc1ccc(CN(C)C(C)C)cc1)c1ccccc1. The normalized spacial score (nSPS) is 15.3. The Bertz CT molecular complexity index is 1230. The molecule has 0 saturated carbocycles. The van der Waals surface area contributed by atoms with Crippen molar-refractivity contribution in [3.63, 3.8) is 0 Å². The van der Waals surface area contributed by atoms with Crippen LogP contribution < -0.4 is 5.32 Å². The van der Waals surface area contributed by atoms with Crippen molar-refractivity contribution in [3.8, 4) is 0 Å². The number of esters is 1. The molecule has 1 aliphatic rings. The standard InChI is InChI=1S/C29H31N3O3/c1-5-35-29(34)22-13-16-24-25(17-22)31-28(33)26(24)27(21-9-7-6-8-10-21)30-23-14-11-20(12-15-23)18-32(4)19(2)3/h6-17,19,26H,5,18H2,1-4H3,(H,31,33). The molecule has 6 heteroatoms. The summed E-state index contributed by atoms with van der Waals surface area (Å²) in [5.41, 5.74) is 5.34. The van der Waals surface area contributed by atoms with Gasteiger partial charge in [-0.05, 0) is 68.8 Å². The number of carbonyl (C=O) groups excluding carboxylic acids is 2. The van der Waals surface area contributed by atoms with E-state index in [0.717, 1.165) is 23.4 Å². The fourth-order valence-corrected chi connectivity index (χ4v) is 4.07. The second-order valence-electron chi connectivity index (χ2n) is 8.98. The molecule has 1 aliphatic heterocycles. The van der Waals surface area contributed by atoms with Gasteiger partial charge in [0.15, 0.2) is 0 Å². The maximum atomic E-state index is 13.2. The second-order valence-corrected chi connectivity index (χ2v) is 8.98. The highest BCUT2D eigenvalue weighted by Crippen LogP contribution is 2.37. The predicted molar refractivity (Wildman–Crippen MR) is 139 cm³/mol. The molecule has 0 fully saturated rings. The number of hydrogen-bond donors (Lipinski definition) is 1. The number of hydrogen-bond acceptors (Lipinski definition) is 5. The zero-order valence-electron chi connectivity index (χ0n) is 20.6. The fraction of sp³-hybridized carbons (Fsp3) is 0.276. The lowest BCUT2D eigenvalue weighted by Crippen LogP contribution is -2.25. The zero-order valence-corrected chi connectivity index (χ0v) is 20.6. The second kappa shape index (κ2) is 10.7. The highest BCUT2D eigenvalue weighted by molar-refractivity contribution is 6.24. The van der Waals surface area contributed by atoms with Crippen LogP contribution in [-0.4, -0.2) is 42.2 Å². The van der Waals surface area contributed by atoms with Crippen LogP contribution >= 0.6 is 0 Å². The molecule has 0 aromatic heterocycles. The van der Waals surface area contributed by atoms with Crippen LogP contribution in [0.15, 0.2) is 77.8 Å². The zero-order chi connectivity index (χ0) is 24.9. The molecule has 0 aliphatic carbocycles. The van der Waals surface area contributed by atoms with Gasteiger partial charge in [-0.25, -0.2) is 4.79 Å². The number of aliphatic imine (C=N–C) groups is 1. The van der Waals surface area contributed by atoms with Gasteiger partial charge >= 0.3 is 5.97 Å². The summed E-state index contributed by atoms with van der Waals surface area (Å²) < 4.78 is 5.11. The molecule has 1 N–H and O–H groups in total. The van der Waals surface area contributed by atoms with Crippen LogP contribution in [0.2, 0.25) is 0 Å². The lowest BCUT2D eigenvalue weighted by Gasteiger charge is -2.21. The summed E-state index contributed by atoms with van der Waals surface area (Å²) in [5.74, 6) is -1.16. The maximum Gasteiger partial charge on any atom is 0.338 e. The van der Waals surface area contributed by atoms with Crippen LogP contribution in [0.3, 0.4) is 0 Å². The molecule has 4 rings (SSSR count). The number of rotatable bonds is 8. The minimum absolute atomic E-state index is 0.168. The van der Waals surface area contributed by atoms with Crippen molar-refractivity contribution < 1.29 is 14.3 Å². The summed E-state index contributed by atoms with van der Waals surface area (Å²) in [4.78, 5) is 32.6. The molecule has 0 spiro atoms. The van der Waals surface area contributed by atoms with Crippen LogP contribution in [-0.2, 0) is 16.1 Å². The van der Waals surface area contributed by atoms with Gasteiger partial charge in [0, 0.05) is 18.3 Å². The first-order valence-electron chi connectivity index (χ1n) is 11.9. The third-order valence-corrected chi connectivity index (χ3v) is 6.24. The van der Waals surface area contributed by atoms with E-state index in [0.29, 0.717) is 29.6 Å². The summed E-state index contributed by atoms with van der Waals surface area (Å²) in [6.45, 7) is 7.26. The molecule has 3 aromatic carbocycles. The van der Waals surface area contributed by atoms with Crippen molar-refractivity contribution >= 4 is 29.0 Å². The van der Waals surface area contributed by atoms with Gasteiger partial charge in [-0.2, -0.15) is 0 Å². The van der Waals surface area contributed by atoms with Crippen LogP contribution in [0.5, 0.6) is 0 Å². The van der Waals surface area contributed by atoms with Gasteiger partial charge in [-0.3, -0.25) is 14.7 Å². The number of benzene rings is 3. The summed E-state index contributed by atoms with van der Waals surface area (Å²) in [6, 6.07) is 23.5. The Morgan fingerprint density at radius 3 is 2.40 bits per heavy atom. The lowest BCUT2D eigenvalue weighted by molar-refractivity contribution is -0.115. The van der Waals surface area contributed by atoms with Crippen molar-refractivity contribution in [1.29, 1.82) is 0 Å². The Morgan fingerprint density at radius 2 is 1.74 bits per heavy atom. The Labute approximate surface area is 206 Å². The summed E-state index contributed by atoms with van der Waals surface area (Å²) in [7, 11) is 2.10. The molecule has 1 atom stereocenters. The van der Waals surface area contributed by atoms with E-state index < -0.39 is 11.9 Å². The van der Waals surface area contributed by atoms with E-state index in [-0.39, 0.29) is 5.91 Å². The number of carbonyl (C=O) groups is 2. The molecule has 180 valence electrons. The Hall–Kier alpha value is -3.77. The number of nitrogens with zero attached hydrogens (tertiary/aromatic N) is 2. The van der Waals surface area contributed by atoms with E-state index in [4.69, 9.17) is 9.73 Å². The van der Waals surface area contributed by atoms with Crippen molar-refractivity contribution in [2.24, 2.45) is 4.99 Å². The molecular formula is C29H31N3O3. The molecule has 35 heavy (non-hydrogen) atoms. The van der Waals surface area contributed by atoms with Gasteiger partial charge in [-0.1, -0.05) is 48.5 Å². The van der Waals surface area contributed by atoms with E-state index in [2.05, 4.69) is 43.2 Å². The number of ether oxygens (including phenoxy) is 1. The summed E-state index contributed by atoms with van der Waals surface area (Å²) >= 11 is 0. The molecule has 0 radical (unpaired) electrons. The van der Waals surface area contributed by atoms with Crippen molar-refractivity contribution in [1.82, 2.24) is 4.90 Å². The summed E-state index contributed by atoms with van der Waals surface area (Å²) in [6.07, 6.45) is 0. The van der Waals surface area contributed by atoms with E-state index in [1.165, 1.54) is 5.56 Å². The number of amides is 1. The largest absolute Gasteiger partial charge is 0.462 e. The molecule has 3 aromatic rings. The Kier molecular flexibility index (Phi) is 7.42. The minimum Gasteiger partial charge on any atom is -0.462 e. The molecule has 6 nitrogen and oxygen atoms in total. The van der Waals surface area contributed by atoms with Crippen LogP contribution in [0, 0.1) is 0 Å². The first kappa shape index (κ1) is 24.4. The highest BCUT2D eigenvalue weighted by Gasteiger charge is 2.36. The third kappa shape index (κ3) is 5.49.